The van der Waals surface area contributed by atoms with E-state index in [-0.39, 0.29) is 5.92 Å². The Morgan fingerprint density at radius 2 is 1.88 bits per heavy atom. The van der Waals surface area contributed by atoms with E-state index in [0.29, 0.717) is 5.92 Å². The summed E-state index contributed by atoms with van der Waals surface area (Å²) in [6.07, 6.45) is 2.17. The highest BCUT2D eigenvalue weighted by atomic mass is 35.5. The summed E-state index contributed by atoms with van der Waals surface area (Å²) in [4.78, 5) is 1.20. The maximum atomic E-state index is 10.3. The molecule has 0 aliphatic carbocycles. The van der Waals surface area contributed by atoms with E-state index in [2.05, 4.69) is 13.8 Å². The third kappa shape index (κ3) is 3.22. The van der Waals surface area contributed by atoms with E-state index in [1.807, 2.05) is 26.0 Å². The van der Waals surface area contributed by atoms with E-state index >= 15 is 0 Å². The van der Waals surface area contributed by atoms with Crippen molar-refractivity contribution in [1.29, 1.82) is 0 Å². The number of hydrogen-bond donors (Lipinski definition) is 1. The van der Waals surface area contributed by atoms with E-state index in [1.54, 1.807) is 11.3 Å². The van der Waals surface area contributed by atoms with Gasteiger partial charge >= 0.3 is 0 Å². The van der Waals surface area contributed by atoms with Crippen molar-refractivity contribution in [3.05, 3.63) is 21.3 Å². The molecule has 0 bridgehead atoms. The zero-order valence-electron chi connectivity index (χ0n) is 10.5. The topological polar surface area (TPSA) is 20.2 Å². The Morgan fingerprint density at radius 1 is 1.31 bits per heavy atom. The number of hydrogen-bond acceptors (Lipinski definition) is 2. The lowest BCUT2D eigenvalue weighted by atomic mass is 9.76. The van der Waals surface area contributed by atoms with Gasteiger partial charge in [0.1, 0.15) is 0 Å². The summed E-state index contributed by atoms with van der Waals surface area (Å²) >= 11 is 7.57. The zero-order chi connectivity index (χ0) is 12.3. The molecule has 0 saturated carbocycles. The molecule has 0 aliphatic rings. The standard InChI is InChI=1S/C13H21ClOS/c1-5-9(6-2)12(13(3,4)15)10-7-8-11(14)16-10/h7-9,12,15H,5-6H2,1-4H3/t12-/m1/s1. The molecule has 1 N–H and O–H groups in total. The van der Waals surface area contributed by atoms with Gasteiger partial charge in [0.05, 0.1) is 9.94 Å². The molecule has 1 aromatic heterocycles. The molecule has 1 rings (SSSR count). The molecule has 0 amide bonds. The number of thiophene rings is 1. The summed E-state index contributed by atoms with van der Waals surface area (Å²) < 4.78 is 0.801. The van der Waals surface area contributed by atoms with E-state index in [1.165, 1.54) is 4.88 Å². The van der Waals surface area contributed by atoms with Gasteiger partial charge in [-0.2, -0.15) is 0 Å². The highest BCUT2D eigenvalue weighted by molar-refractivity contribution is 7.16. The fourth-order valence-electron chi connectivity index (χ4n) is 2.41. The Kier molecular flexibility index (Phi) is 4.84. The molecule has 0 spiro atoms. The highest BCUT2D eigenvalue weighted by Gasteiger charge is 2.34. The summed E-state index contributed by atoms with van der Waals surface area (Å²) in [5.41, 5.74) is -0.690. The van der Waals surface area contributed by atoms with Crippen LogP contribution in [0.15, 0.2) is 12.1 Å². The van der Waals surface area contributed by atoms with Crippen LogP contribution in [0.2, 0.25) is 4.34 Å². The molecule has 1 aromatic rings. The molecule has 1 atom stereocenters. The van der Waals surface area contributed by atoms with E-state index in [9.17, 15) is 5.11 Å². The summed E-state index contributed by atoms with van der Waals surface area (Å²) in [6.45, 7) is 8.15. The Morgan fingerprint density at radius 3 is 2.19 bits per heavy atom. The van der Waals surface area contributed by atoms with Crippen LogP contribution in [0.4, 0.5) is 0 Å². The van der Waals surface area contributed by atoms with Crippen molar-refractivity contribution in [3.8, 4) is 0 Å². The average Bonchev–Trinajstić information content (AvgIpc) is 2.58. The van der Waals surface area contributed by atoms with Gasteiger partial charge in [-0.25, -0.2) is 0 Å². The zero-order valence-corrected chi connectivity index (χ0v) is 12.0. The highest BCUT2D eigenvalue weighted by Crippen LogP contribution is 2.42. The van der Waals surface area contributed by atoms with Crippen molar-refractivity contribution in [2.45, 2.75) is 52.1 Å². The minimum atomic E-state index is -0.690. The molecular weight excluding hydrogens is 240 g/mol. The first-order valence-electron chi connectivity index (χ1n) is 5.87. The maximum Gasteiger partial charge on any atom is 0.0931 e. The van der Waals surface area contributed by atoms with Gasteiger partial charge in [-0.05, 0) is 31.9 Å². The second-order valence-corrected chi connectivity index (χ2v) is 6.60. The summed E-state index contributed by atoms with van der Waals surface area (Å²) in [7, 11) is 0. The Hall–Kier alpha value is -0.0500. The molecule has 0 radical (unpaired) electrons. The van der Waals surface area contributed by atoms with Crippen molar-refractivity contribution >= 4 is 22.9 Å². The monoisotopic (exact) mass is 260 g/mol. The van der Waals surface area contributed by atoms with Gasteiger partial charge in [0, 0.05) is 10.8 Å². The van der Waals surface area contributed by atoms with E-state index in [0.717, 1.165) is 17.2 Å². The molecule has 0 saturated heterocycles. The lowest BCUT2D eigenvalue weighted by Crippen LogP contribution is -2.33. The number of halogens is 1. The van der Waals surface area contributed by atoms with Gasteiger partial charge in [-0.1, -0.05) is 38.3 Å². The Bertz CT molecular complexity index is 323. The van der Waals surface area contributed by atoms with Crippen LogP contribution in [0.5, 0.6) is 0 Å². The van der Waals surface area contributed by atoms with E-state index < -0.39 is 5.60 Å². The van der Waals surface area contributed by atoms with Crippen LogP contribution in [-0.4, -0.2) is 10.7 Å². The Balaban J connectivity index is 3.05. The van der Waals surface area contributed by atoms with Gasteiger partial charge < -0.3 is 5.11 Å². The van der Waals surface area contributed by atoms with Crippen LogP contribution in [0.25, 0.3) is 0 Å². The fourth-order valence-corrected chi connectivity index (χ4v) is 3.85. The summed E-state index contributed by atoms with van der Waals surface area (Å²) in [5.74, 6) is 0.690. The van der Waals surface area contributed by atoms with Gasteiger partial charge in [0.25, 0.3) is 0 Å². The first-order chi connectivity index (χ1) is 7.40. The number of rotatable bonds is 5. The molecule has 1 heterocycles. The van der Waals surface area contributed by atoms with Crippen LogP contribution >= 0.6 is 22.9 Å². The van der Waals surface area contributed by atoms with Crippen molar-refractivity contribution in [1.82, 2.24) is 0 Å². The molecule has 0 aromatic carbocycles. The second-order valence-electron chi connectivity index (χ2n) is 4.85. The molecule has 0 unspecified atom stereocenters. The fraction of sp³-hybridized carbons (Fsp3) is 0.692. The molecule has 92 valence electrons. The second kappa shape index (κ2) is 5.52. The van der Waals surface area contributed by atoms with Gasteiger partial charge in [-0.15, -0.1) is 11.3 Å². The Labute approximate surface area is 107 Å². The van der Waals surface area contributed by atoms with Crippen molar-refractivity contribution in [2.24, 2.45) is 5.92 Å². The predicted octanol–water partition coefficient (Wildman–Crippen LogP) is 4.69. The third-order valence-corrected chi connectivity index (χ3v) is 4.50. The SMILES string of the molecule is CCC(CC)[C@H](c1ccc(Cl)s1)C(C)(C)O. The van der Waals surface area contributed by atoms with Crippen molar-refractivity contribution in [2.75, 3.05) is 0 Å². The van der Waals surface area contributed by atoms with Crippen LogP contribution in [0.1, 0.15) is 51.3 Å². The summed E-state index contributed by atoms with van der Waals surface area (Å²) in [6, 6.07) is 3.97. The van der Waals surface area contributed by atoms with Crippen molar-refractivity contribution in [3.63, 3.8) is 0 Å². The van der Waals surface area contributed by atoms with Gasteiger partial charge in [0.15, 0.2) is 0 Å². The van der Waals surface area contributed by atoms with Crippen LogP contribution in [-0.2, 0) is 0 Å². The first kappa shape index (κ1) is 14.0. The first-order valence-corrected chi connectivity index (χ1v) is 7.07. The van der Waals surface area contributed by atoms with E-state index in [4.69, 9.17) is 11.6 Å². The lowest BCUT2D eigenvalue weighted by molar-refractivity contribution is 0.0267. The molecule has 3 heteroatoms. The smallest absolute Gasteiger partial charge is 0.0931 e. The molecule has 1 nitrogen and oxygen atoms in total. The van der Waals surface area contributed by atoms with Crippen LogP contribution in [0.3, 0.4) is 0 Å². The normalized spacial score (nSPS) is 14.4. The van der Waals surface area contributed by atoms with Crippen molar-refractivity contribution < 1.29 is 5.11 Å². The number of aliphatic hydroxyl groups is 1. The minimum absolute atomic E-state index is 0.181. The van der Waals surface area contributed by atoms with Crippen LogP contribution < -0.4 is 0 Å². The third-order valence-electron chi connectivity index (χ3n) is 3.18. The van der Waals surface area contributed by atoms with Gasteiger partial charge in [0.2, 0.25) is 0 Å². The summed E-state index contributed by atoms with van der Waals surface area (Å²) in [5, 5.41) is 10.3. The quantitative estimate of drug-likeness (QED) is 0.814. The predicted molar refractivity (Wildman–Crippen MR) is 72.4 cm³/mol. The largest absolute Gasteiger partial charge is 0.390 e. The lowest BCUT2D eigenvalue weighted by Gasteiger charge is -2.34. The van der Waals surface area contributed by atoms with Gasteiger partial charge in [-0.3, -0.25) is 0 Å². The molecular formula is C13H21ClOS. The maximum absolute atomic E-state index is 10.3. The molecule has 0 fully saturated rings. The average molecular weight is 261 g/mol. The minimum Gasteiger partial charge on any atom is -0.390 e. The molecule has 0 aliphatic heterocycles. The van der Waals surface area contributed by atoms with Crippen LogP contribution in [0, 0.1) is 5.92 Å². The molecule has 16 heavy (non-hydrogen) atoms.